The van der Waals surface area contributed by atoms with Crippen LogP contribution in [0.1, 0.15) is 17.3 Å². The van der Waals surface area contributed by atoms with E-state index in [0.717, 1.165) is 0 Å². The number of aromatic nitrogens is 2. The molecule has 0 spiro atoms. The van der Waals surface area contributed by atoms with Gasteiger partial charge in [0.05, 0.1) is 23.0 Å². The maximum Gasteiger partial charge on any atom is 0.148 e. The predicted molar refractivity (Wildman–Crippen MR) is 72.0 cm³/mol. The fourth-order valence-corrected chi connectivity index (χ4v) is 2.16. The molecule has 0 aliphatic rings. The Kier molecular flexibility index (Phi) is 4.27. The van der Waals surface area contributed by atoms with E-state index in [0.29, 0.717) is 15.7 Å². The van der Waals surface area contributed by atoms with Crippen LogP contribution in [0.4, 0.5) is 4.39 Å². The molecule has 1 unspecified atom stereocenters. The Morgan fingerprint density at radius 3 is 2.78 bits per heavy atom. The third-order valence-corrected chi connectivity index (χ3v) is 3.80. The fraction of sp³-hybridized carbons (Fsp3) is 0.167. The Balaban J connectivity index is 2.50. The van der Waals surface area contributed by atoms with Crippen molar-refractivity contribution in [2.75, 3.05) is 7.05 Å². The lowest BCUT2D eigenvalue weighted by Crippen LogP contribution is -2.20. The standard InChI is InChI=1S/C12H10BrClFN3/c1-16-12(9-6-17-4-5-18-9)7-2-3-8(13)10(14)11(7)15/h2-6,12,16H,1H3. The maximum atomic E-state index is 14.1. The lowest BCUT2D eigenvalue weighted by atomic mass is 10.0. The molecule has 0 aliphatic heterocycles. The summed E-state index contributed by atoms with van der Waals surface area (Å²) in [5, 5.41) is 3.07. The largest absolute Gasteiger partial charge is 0.308 e. The summed E-state index contributed by atoms with van der Waals surface area (Å²) < 4.78 is 14.7. The Bertz CT molecular complexity index is 551. The zero-order chi connectivity index (χ0) is 13.1. The Morgan fingerprint density at radius 1 is 1.39 bits per heavy atom. The summed E-state index contributed by atoms with van der Waals surface area (Å²) in [6, 6.07) is 2.99. The van der Waals surface area contributed by atoms with Gasteiger partial charge >= 0.3 is 0 Å². The number of nitrogens with zero attached hydrogens (tertiary/aromatic N) is 2. The zero-order valence-electron chi connectivity index (χ0n) is 9.49. The van der Waals surface area contributed by atoms with E-state index in [1.54, 1.807) is 37.8 Å². The average molecular weight is 331 g/mol. The summed E-state index contributed by atoms with van der Waals surface area (Å²) in [4.78, 5) is 8.15. The molecule has 1 aromatic heterocycles. The summed E-state index contributed by atoms with van der Waals surface area (Å²) in [5.74, 6) is -0.462. The van der Waals surface area contributed by atoms with Crippen LogP contribution in [0.15, 0.2) is 35.2 Å². The smallest absolute Gasteiger partial charge is 0.148 e. The van der Waals surface area contributed by atoms with Gasteiger partial charge in [-0.1, -0.05) is 17.7 Å². The van der Waals surface area contributed by atoms with E-state index in [4.69, 9.17) is 11.6 Å². The van der Waals surface area contributed by atoms with Gasteiger partial charge < -0.3 is 5.32 Å². The first-order chi connectivity index (χ1) is 8.65. The lowest BCUT2D eigenvalue weighted by molar-refractivity contribution is 0.569. The minimum Gasteiger partial charge on any atom is -0.308 e. The molecule has 18 heavy (non-hydrogen) atoms. The summed E-state index contributed by atoms with van der Waals surface area (Å²) in [6.07, 6.45) is 4.73. The van der Waals surface area contributed by atoms with E-state index >= 15 is 0 Å². The molecule has 1 N–H and O–H groups in total. The van der Waals surface area contributed by atoms with Crippen molar-refractivity contribution < 1.29 is 4.39 Å². The molecular formula is C12H10BrClFN3. The van der Waals surface area contributed by atoms with Crippen molar-refractivity contribution in [2.45, 2.75) is 6.04 Å². The van der Waals surface area contributed by atoms with E-state index < -0.39 is 5.82 Å². The van der Waals surface area contributed by atoms with Gasteiger partial charge in [0.2, 0.25) is 0 Å². The van der Waals surface area contributed by atoms with Crippen LogP contribution in [0.2, 0.25) is 5.02 Å². The van der Waals surface area contributed by atoms with Crippen molar-refractivity contribution in [3.05, 3.63) is 57.3 Å². The molecule has 0 amide bonds. The van der Waals surface area contributed by atoms with Gasteiger partial charge in [-0.15, -0.1) is 0 Å². The fourth-order valence-electron chi connectivity index (χ4n) is 1.69. The van der Waals surface area contributed by atoms with Gasteiger partial charge in [0.25, 0.3) is 0 Å². The molecule has 1 atom stereocenters. The van der Waals surface area contributed by atoms with Gasteiger partial charge in [-0.05, 0) is 29.0 Å². The molecule has 94 valence electrons. The highest BCUT2D eigenvalue weighted by Crippen LogP contribution is 2.32. The third kappa shape index (κ3) is 2.53. The topological polar surface area (TPSA) is 37.8 Å². The highest BCUT2D eigenvalue weighted by Gasteiger charge is 2.20. The summed E-state index contributed by atoms with van der Waals surface area (Å²) in [7, 11) is 1.73. The summed E-state index contributed by atoms with van der Waals surface area (Å²) in [6.45, 7) is 0. The van der Waals surface area contributed by atoms with Crippen molar-refractivity contribution in [2.24, 2.45) is 0 Å². The number of hydrogen-bond acceptors (Lipinski definition) is 3. The van der Waals surface area contributed by atoms with Crippen molar-refractivity contribution in [1.82, 2.24) is 15.3 Å². The second-order valence-electron chi connectivity index (χ2n) is 3.62. The molecule has 0 bridgehead atoms. The predicted octanol–water partition coefficient (Wildman–Crippen LogP) is 3.34. The summed E-state index contributed by atoms with van der Waals surface area (Å²) in [5.41, 5.74) is 1.07. The van der Waals surface area contributed by atoms with Crippen LogP contribution in [-0.4, -0.2) is 17.0 Å². The first-order valence-corrected chi connectivity index (χ1v) is 6.38. The highest BCUT2D eigenvalue weighted by molar-refractivity contribution is 9.10. The molecule has 3 nitrogen and oxygen atoms in total. The molecule has 1 aromatic carbocycles. The van der Waals surface area contributed by atoms with Crippen LogP contribution >= 0.6 is 27.5 Å². The van der Waals surface area contributed by atoms with Crippen molar-refractivity contribution >= 4 is 27.5 Å². The number of halogens is 3. The minimum atomic E-state index is -0.462. The van der Waals surface area contributed by atoms with E-state index in [9.17, 15) is 4.39 Å². The first kappa shape index (κ1) is 13.4. The molecule has 0 fully saturated rings. The maximum absolute atomic E-state index is 14.1. The monoisotopic (exact) mass is 329 g/mol. The number of hydrogen-bond donors (Lipinski definition) is 1. The molecule has 2 rings (SSSR count). The lowest BCUT2D eigenvalue weighted by Gasteiger charge is -2.17. The molecule has 1 heterocycles. The van der Waals surface area contributed by atoms with Crippen LogP contribution in [0.25, 0.3) is 0 Å². The van der Waals surface area contributed by atoms with Gasteiger partial charge in [0.1, 0.15) is 5.82 Å². The number of rotatable bonds is 3. The molecule has 0 saturated carbocycles. The van der Waals surface area contributed by atoms with Gasteiger partial charge in [-0.25, -0.2) is 4.39 Å². The van der Waals surface area contributed by atoms with Crippen molar-refractivity contribution in [3.8, 4) is 0 Å². The van der Waals surface area contributed by atoms with Gasteiger partial charge in [-0.2, -0.15) is 0 Å². The third-order valence-electron chi connectivity index (χ3n) is 2.54. The van der Waals surface area contributed by atoms with Crippen LogP contribution in [0.5, 0.6) is 0 Å². The SMILES string of the molecule is CNC(c1cnccn1)c1ccc(Br)c(Cl)c1F. The van der Waals surface area contributed by atoms with Crippen molar-refractivity contribution in [1.29, 1.82) is 0 Å². The first-order valence-electron chi connectivity index (χ1n) is 5.21. The molecule has 2 aromatic rings. The second-order valence-corrected chi connectivity index (χ2v) is 4.85. The van der Waals surface area contributed by atoms with Crippen molar-refractivity contribution in [3.63, 3.8) is 0 Å². The summed E-state index contributed by atoms with van der Waals surface area (Å²) >= 11 is 9.07. The normalized spacial score (nSPS) is 12.4. The molecule has 0 saturated heterocycles. The van der Waals surface area contributed by atoms with E-state index in [1.807, 2.05) is 0 Å². The van der Waals surface area contributed by atoms with Crippen LogP contribution in [0.3, 0.4) is 0 Å². The van der Waals surface area contributed by atoms with Gasteiger partial charge in [-0.3, -0.25) is 9.97 Å². The van der Waals surface area contributed by atoms with Gasteiger partial charge in [0.15, 0.2) is 0 Å². The van der Waals surface area contributed by atoms with Gasteiger partial charge in [0, 0.05) is 22.4 Å². The van der Waals surface area contributed by atoms with E-state index in [1.165, 1.54) is 0 Å². The van der Waals surface area contributed by atoms with Crippen LogP contribution < -0.4 is 5.32 Å². The van der Waals surface area contributed by atoms with E-state index in [-0.39, 0.29) is 11.1 Å². The Morgan fingerprint density at radius 2 is 2.17 bits per heavy atom. The highest BCUT2D eigenvalue weighted by atomic mass is 79.9. The number of benzene rings is 1. The van der Waals surface area contributed by atoms with Crippen LogP contribution in [0, 0.1) is 5.82 Å². The Labute approximate surface area is 118 Å². The zero-order valence-corrected chi connectivity index (χ0v) is 11.8. The van der Waals surface area contributed by atoms with E-state index in [2.05, 4.69) is 31.2 Å². The molecular weight excluding hydrogens is 321 g/mol. The minimum absolute atomic E-state index is 0.0663. The number of nitrogens with one attached hydrogen (secondary N) is 1. The molecule has 6 heteroatoms. The van der Waals surface area contributed by atoms with Crippen LogP contribution in [-0.2, 0) is 0 Å². The molecule has 0 radical (unpaired) electrons. The average Bonchev–Trinajstić information content (AvgIpc) is 2.41. The quantitative estimate of drug-likeness (QED) is 0.877. The Hall–Kier alpha value is -1.04. The molecule has 0 aliphatic carbocycles. The second kappa shape index (κ2) is 5.73.